The monoisotopic (exact) mass is 1460 g/mol. The van der Waals surface area contributed by atoms with Crippen LogP contribution in [0, 0.1) is 0 Å². The molecule has 14 rings (SSSR count). The molecule has 0 spiro atoms. The molecule has 5 heterocycles. The summed E-state index contributed by atoms with van der Waals surface area (Å²) in [6.45, 7) is 3.37. The molecule has 5 aliphatic heterocycles. The molecule has 24 heteroatoms. The number of nitrogens with one attached hydrogen (secondary N) is 3. The molecule has 0 aromatic heterocycles. The molecule has 5 N–H and O–H groups in total. The predicted molar refractivity (Wildman–Crippen MR) is 383 cm³/mol. The van der Waals surface area contributed by atoms with Crippen LogP contribution in [0.1, 0.15) is 83.8 Å². The lowest BCUT2D eigenvalue weighted by atomic mass is 9.90. The van der Waals surface area contributed by atoms with Gasteiger partial charge in [-0.05, 0) is 51.4 Å². The van der Waals surface area contributed by atoms with Crippen LogP contribution in [0.4, 0.5) is 4.79 Å². The maximum atomic E-state index is 14.2. The number of aliphatic hydroxyl groups is 1. The standard InChI is InChI=1S/C83H87N3O21/c1-50(67(76(89)90)85-82(91)99-46-63-61-40-24-22-38-59(61)60-39-23-25-41-62(60)63)100-81-83(92,86-52(3)88)75(71-66(103-81)49-98-78(106-71)58-36-20-9-21-37-58)107-79-68(84-51(2)87)72(94-43-54-28-12-5-13-29-54)69(64(101-79)47-93-42-53-26-10-4-11-27-53)105-80-74(96-45-56-32-16-7-17-33-56)73(95-44-55-30-14-6-15-31-55)70-65(102-80)48-97-77(104-70)57-34-18-8-19-35-57/h4-41,50,63-75,77-81,92H,42-49H2,1-3H3,(H,84,87)(H,85,91)(H,86,88)(H,89,90)/t50-,64-,65-,66-,67+,68-,69-,70+,71+,72-,73+,74-,75+,77?,78?,79+,80+,81+,83-/m1/s1. The topological polar surface area (TPSA) is 283 Å². The molecule has 5 fully saturated rings. The van der Waals surface area contributed by atoms with Gasteiger partial charge in [0.15, 0.2) is 31.2 Å². The number of aliphatic carboxylic acids is 1. The Kier molecular flexibility index (Phi) is 24.3. The summed E-state index contributed by atoms with van der Waals surface area (Å²) in [5, 5.41) is 32.8. The summed E-state index contributed by atoms with van der Waals surface area (Å²) in [6, 6.07) is 68.9. The number of carboxylic acids is 1. The van der Waals surface area contributed by atoms with E-state index in [0.717, 1.165) is 57.0 Å². The van der Waals surface area contributed by atoms with Crippen molar-refractivity contribution < 1.29 is 100 Å². The first-order valence-corrected chi connectivity index (χ1v) is 36.0. The van der Waals surface area contributed by atoms with Crippen LogP contribution in [-0.2, 0) is 112 Å². The van der Waals surface area contributed by atoms with Gasteiger partial charge in [0.05, 0.1) is 52.4 Å². The van der Waals surface area contributed by atoms with E-state index in [0.29, 0.717) is 5.56 Å². The Morgan fingerprint density at radius 1 is 0.505 bits per heavy atom. The SMILES string of the molecule is CC(=O)N[C@H]1[C@H](O[C@H]2[C@H]3OC(c4ccccc4)OC[C@H]3O[C@H](O[C@H](C)[C@H](NC(=O)OCC3c4ccccc4-c4ccccc43)C(=O)O)[C@@]2(O)NC(C)=O)O[C@H](COCc2ccccc2)[C@@H](O[C@@H]2O[C@@H]3COC(c4ccccc4)O[C@@H]3[C@H](OCc3ccccc3)[C@H]2OCc2ccccc2)[C@@H]1OCc1ccccc1. The Hall–Kier alpha value is -9.16. The van der Waals surface area contributed by atoms with Crippen molar-refractivity contribution >= 4 is 23.9 Å². The van der Waals surface area contributed by atoms with Crippen molar-refractivity contribution in [1.82, 2.24) is 16.0 Å². The summed E-state index contributed by atoms with van der Waals surface area (Å²) in [4.78, 5) is 55.6. The van der Waals surface area contributed by atoms with E-state index in [9.17, 15) is 29.4 Å². The first kappa shape index (κ1) is 74.7. The van der Waals surface area contributed by atoms with E-state index in [2.05, 4.69) is 16.0 Å². The summed E-state index contributed by atoms with van der Waals surface area (Å²) >= 11 is 0. The summed E-state index contributed by atoms with van der Waals surface area (Å²) < 4.78 is 103. The van der Waals surface area contributed by atoms with Gasteiger partial charge in [-0.1, -0.05) is 231 Å². The number of alkyl carbamates (subject to hydrolysis) is 1. The lowest BCUT2D eigenvalue weighted by Gasteiger charge is -2.55. The summed E-state index contributed by atoms with van der Waals surface area (Å²) in [5.74, 6) is -3.31. The Morgan fingerprint density at radius 3 is 1.50 bits per heavy atom. The van der Waals surface area contributed by atoms with Crippen LogP contribution in [0.2, 0.25) is 0 Å². The number of rotatable bonds is 28. The molecule has 107 heavy (non-hydrogen) atoms. The van der Waals surface area contributed by atoms with Gasteiger partial charge in [0.1, 0.15) is 73.7 Å². The largest absolute Gasteiger partial charge is 0.480 e. The van der Waals surface area contributed by atoms with Crippen molar-refractivity contribution in [3.8, 4) is 11.1 Å². The van der Waals surface area contributed by atoms with Crippen molar-refractivity contribution in [2.24, 2.45) is 0 Å². The van der Waals surface area contributed by atoms with Crippen LogP contribution >= 0.6 is 0 Å². The van der Waals surface area contributed by atoms with E-state index < -0.39 is 140 Å². The highest BCUT2D eigenvalue weighted by atomic mass is 16.8. The number of hydrogen-bond acceptors (Lipinski definition) is 20. The van der Waals surface area contributed by atoms with Crippen molar-refractivity contribution in [3.05, 3.63) is 275 Å². The van der Waals surface area contributed by atoms with Gasteiger partial charge in [0.2, 0.25) is 23.8 Å². The number of ether oxygens (including phenoxy) is 15. The number of carboxylic acid groups (broad SMARTS) is 1. The number of hydrogen-bond donors (Lipinski definition) is 5. The zero-order chi connectivity index (χ0) is 73.8. The van der Waals surface area contributed by atoms with Crippen LogP contribution in [0.3, 0.4) is 0 Å². The Labute approximate surface area is 619 Å². The Balaban J connectivity index is 0.825. The molecule has 560 valence electrons. The lowest BCUT2D eigenvalue weighted by Crippen LogP contribution is -2.77. The van der Waals surface area contributed by atoms with Crippen molar-refractivity contribution in [2.75, 3.05) is 26.4 Å². The second-order valence-corrected chi connectivity index (χ2v) is 27.2. The number of fused-ring (bicyclic) bond motifs is 5. The Bertz CT molecular complexity index is 4170. The van der Waals surface area contributed by atoms with E-state index in [1.165, 1.54) is 13.8 Å². The molecule has 2 unspecified atom stereocenters. The summed E-state index contributed by atoms with van der Waals surface area (Å²) in [5.41, 5.74) is 5.57. The van der Waals surface area contributed by atoms with E-state index in [-0.39, 0.29) is 58.8 Å². The van der Waals surface area contributed by atoms with Gasteiger partial charge in [0, 0.05) is 30.9 Å². The molecule has 6 aliphatic rings. The molecule has 8 aromatic rings. The third-order valence-electron chi connectivity index (χ3n) is 19.8. The van der Waals surface area contributed by atoms with Gasteiger partial charge in [-0.25, -0.2) is 9.59 Å². The predicted octanol–water partition coefficient (Wildman–Crippen LogP) is 9.86. The zero-order valence-corrected chi connectivity index (χ0v) is 59.2. The van der Waals surface area contributed by atoms with Crippen LogP contribution in [0.15, 0.2) is 231 Å². The summed E-state index contributed by atoms with van der Waals surface area (Å²) in [7, 11) is 0. The van der Waals surface area contributed by atoms with Crippen molar-refractivity contribution in [3.63, 3.8) is 0 Å². The average Bonchev–Trinajstić information content (AvgIpc) is 1.42. The minimum atomic E-state index is -2.88. The fourth-order valence-electron chi connectivity index (χ4n) is 14.7. The molecule has 19 atom stereocenters. The zero-order valence-electron chi connectivity index (χ0n) is 59.2. The van der Waals surface area contributed by atoms with E-state index in [4.69, 9.17) is 71.1 Å². The van der Waals surface area contributed by atoms with Crippen LogP contribution in [0.25, 0.3) is 11.1 Å². The normalized spacial score (nSPS) is 28.6. The number of carbonyl (C=O) groups excluding carboxylic acids is 3. The highest BCUT2D eigenvalue weighted by Crippen LogP contribution is 2.46. The maximum Gasteiger partial charge on any atom is 0.407 e. The highest BCUT2D eigenvalue weighted by Gasteiger charge is 2.64. The average molecular weight is 1460 g/mol. The van der Waals surface area contributed by atoms with Crippen molar-refractivity contribution in [1.29, 1.82) is 0 Å². The van der Waals surface area contributed by atoms with Crippen LogP contribution in [-0.4, -0.2) is 164 Å². The van der Waals surface area contributed by atoms with E-state index >= 15 is 0 Å². The molecular weight excluding hydrogens is 1370 g/mol. The molecule has 0 radical (unpaired) electrons. The maximum absolute atomic E-state index is 14.2. The Morgan fingerprint density at radius 2 is 0.981 bits per heavy atom. The second kappa shape index (κ2) is 34.8. The first-order chi connectivity index (χ1) is 52.2. The minimum Gasteiger partial charge on any atom is -0.480 e. The lowest BCUT2D eigenvalue weighted by molar-refractivity contribution is -0.422. The highest BCUT2D eigenvalue weighted by molar-refractivity contribution is 5.81. The van der Waals surface area contributed by atoms with Crippen LogP contribution in [0.5, 0.6) is 0 Å². The minimum absolute atomic E-state index is 0.0298. The number of benzene rings is 8. The first-order valence-electron chi connectivity index (χ1n) is 36.0. The molecule has 8 aromatic carbocycles. The van der Waals surface area contributed by atoms with Gasteiger partial charge in [0.25, 0.3) is 0 Å². The third kappa shape index (κ3) is 17.7. The quantitative estimate of drug-likeness (QED) is 0.0285. The molecule has 0 bridgehead atoms. The number of carbonyl (C=O) groups is 4. The smallest absolute Gasteiger partial charge is 0.407 e. The molecule has 1 aliphatic carbocycles. The van der Waals surface area contributed by atoms with Gasteiger partial charge >= 0.3 is 12.1 Å². The van der Waals surface area contributed by atoms with Crippen LogP contribution < -0.4 is 16.0 Å². The number of amides is 3. The summed E-state index contributed by atoms with van der Waals surface area (Å²) in [6.07, 6.45) is -21.8. The van der Waals surface area contributed by atoms with Gasteiger partial charge in [-0.2, -0.15) is 0 Å². The van der Waals surface area contributed by atoms with Gasteiger partial charge in [-0.15, -0.1) is 0 Å². The van der Waals surface area contributed by atoms with Gasteiger partial charge < -0.3 is 97.2 Å². The van der Waals surface area contributed by atoms with Gasteiger partial charge in [-0.3, -0.25) is 9.59 Å². The second-order valence-electron chi connectivity index (χ2n) is 27.2. The molecule has 3 amide bonds. The fourth-order valence-corrected chi connectivity index (χ4v) is 14.7. The molecule has 5 saturated heterocycles. The molecule has 24 nitrogen and oxygen atoms in total. The fraction of sp³-hybridized carbons (Fsp3) is 0.373. The van der Waals surface area contributed by atoms with E-state index in [1.54, 1.807) is 24.3 Å². The molecule has 0 saturated carbocycles. The molecular formula is C83H87N3O21. The third-order valence-corrected chi connectivity index (χ3v) is 19.8. The van der Waals surface area contributed by atoms with E-state index in [1.807, 2.05) is 206 Å². The van der Waals surface area contributed by atoms with Crippen molar-refractivity contribution in [2.45, 2.75) is 170 Å².